The molecule has 5 aromatic rings. The second kappa shape index (κ2) is 8.91. The second-order valence-electron chi connectivity index (χ2n) is 8.92. The van der Waals surface area contributed by atoms with Crippen LogP contribution in [-0.4, -0.2) is 29.5 Å². The minimum absolute atomic E-state index is 0.209. The molecule has 0 saturated carbocycles. The highest BCUT2D eigenvalue weighted by molar-refractivity contribution is 7.90. The van der Waals surface area contributed by atoms with Gasteiger partial charge in [-0.05, 0) is 73.2 Å². The predicted molar refractivity (Wildman–Crippen MR) is 142 cm³/mol. The molecule has 0 N–H and O–H groups in total. The molecule has 0 radical (unpaired) electrons. The van der Waals surface area contributed by atoms with Gasteiger partial charge in [0.15, 0.2) is 5.65 Å². The Bertz CT molecular complexity index is 1740. The van der Waals surface area contributed by atoms with Gasteiger partial charge in [0, 0.05) is 28.7 Å². The van der Waals surface area contributed by atoms with Gasteiger partial charge in [0.05, 0.1) is 17.7 Å². The van der Waals surface area contributed by atoms with E-state index in [0.717, 1.165) is 41.1 Å². The van der Waals surface area contributed by atoms with Crippen LogP contribution in [0.4, 0.5) is 0 Å². The maximum atomic E-state index is 13.6. The van der Waals surface area contributed by atoms with Gasteiger partial charge in [0.2, 0.25) is 0 Å². The normalized spacial score (nSPS) is 14.2. The van der Waals surface area contributed by atoms with Crippen LogP contribution in [0.3, 0.4) is 0 Å². The number of methoxy groups -OCH3 is 1. The van der Waals surface area contributed by atoms with E-state index in [1.54, 1.807) is 49.8 Å². The van der Waals surface area contributed by atoms with E-state index in [1.807, 2.05) is 24.3 Å². The minimum atomic E-state index is -3.85. The lowest BCUT2D eigenvalue weighted by atomic mass is 9.90. The number of hydrogen-bond acceptors (Lipinski definition) is 5. The first-order valence-corrected chi connectivity index (χ1v) is 13.5. The fraction of sp³-hybridized carbons (Fsp3) is 0.172. The van der Waals surface area contributed by atoms with Crippen LogP contribution in [0.15, 0.2) is 90.1 Å². The first-order chi connectivity index (χ1) is 17.6. The van der Waals surface area contributed by atoms with E-state index in [9.17, 15) is 8.42 Å². The van der Waals surface area contributed by atoms with Gasteiger partial charge in [-0.3, -0.25) is 0 Å². The van der Waals surface area contributed by atoms with Crippen molar-refractivity contribution in [3.05, 3.63) is 90.8 Å². The molecule has 1 aliphatic rings. The third-order valence-electron chi connectivity index (χ3n) is 6.77. The highest BCUT2D eigenvalue weighted by Gasteiger charge is 2.24. The molecule has 0 amide bonds. The standard InChI is InChI=1S/C29H25N3O3S/c1-35-27-16-8-14-22-24(20-10-4-2-5-11-20)18-26(31-28(22)27)25-19-32(29-23(25)15-9-17-30-29)36(33,34)21-12-6-3-7-13-21/h3,6-10,12-19H,2,4-5,11H2,1H3. The Labute approximate surface area is 210 Å². The number of allylic oxidation sites excluding steroid dienone is 2. The molecule has 0 saturated heterocycles. The molecule has 0 unspecified atom stereocenters. The van der Waals surface area contributed by atoms with Crippen LogP contribution in [-0.2, 0) is 10.0 Å². The third-order valence-corrected chi connectivity index (χ3v) is 8.43. The lowest BCUT2D eigenvalue weighted by Gasteiger charge is -2.17. The highest BCUT2D eigenvalue weighted by Crippen LogP contribution is 2.39. The van der Waals surface area contributed by atoms with Crippen molar-refractivity contribution in [2.45, 2.75) is 30.6 Å². The molecule has 36 heavy (non-hydrogen) atoms. The molecule has 180 valence electrons. The average Bonchev–Trinajstić information content (AvgIpc) is 3.34. The van der Waals surface area contributed by atoms with Gasteiger partial charge < -0.3 is 4.74 Å². The van der Waals surface area contributed by atoms with Crippen molar-refractivity contribution in [1.82, 2.24) is 13.9 Å². The molecule has 0 fully saturated rings. The number of ether oxygens (including phenoxy) is 1. The molecule has 2 aromatic carbocycles. The quantitative estimate of drug-likeness (QED) is 0.280. The molecule has 1 aliphatic carbocycles. The van der Waals surface area contributed by atoms with Crippen LogP contribution in [0.1, 0.15) is 31.2 Å². The van der Waals surface area contributed by atoms with E-state index in [-0.39, 0.29) is 4.90 Å². The van der Waals surface area contributed by atoms with Crippen molar-refractivity contribution in [2.75, 3.05) is 7.11 Å². The summed E-state index contributed by atoms with van der Waals surface area (Å²) >= 11 is 0. The second-order valence-corrected chi connectivity index (χ2v) is 10.7. The van der Waals surface area contributed by atoms with Crippen LogP contribution in [0.25, 0.3) is 38.8 Å². The van der Waals surface area contributed by atoms with E-state index in [4.69, 9.17) is 9.72 Å². The lowest BCUT2D eigenvalue weighted by molar-refractivity contribution is 0.419. The van der Waals surface area contributed by atoms with E-state index in [0.29, 0.717) is 22.7 Å². The molecule has 6 rings (SSSR count). The Morgan fingerprint density at radius 2 is 1.75 bits per heavy atom. The maximum absolute atomic E-state index is 13.6. The fourth-order valence-corrected chi connectivity index (χ4v) is 6.34. The van der Waals surface area contributed by atoms with Crippen LogP contribution < -0.4 is 4.74 Å². The van der Waals surface area contributed by atoms with Crippen LogP contribution >= 0.6 is 0 Å². The number of fused-ring (bicyclic) bond motifs is 2. The van der Waals surface area contributed by atoms with E-state index < -0.39 is 10.0 Å². The van der Waals surface area contributed by atoms with Crippen molar-refractivity contribution < 1.29 is 13.2 Å². The van der Waals surface area contributed by atoms with Gasteiger partial charge in [0.1, 0.15) is 11.3 Å². The number of para-hydroxylation sites is 1. The van der Waals surface area contributed by atoms with Gasteiger partial charge in [-0.15, -0.1) is 0 Å². The van der Waals surface area contributed by atoms with Crippen LogP contribution in [0, 0.1) is 0 Å². The summed E-state index contributed by atoms with van der Waals surface area (Å²) in [5, 5.41) is 1.76. The van der Waals surface area contributed by atoms with E-state index in [1.165, 1.54) is 16.0 Å². The Balaban J connectivity index is 1.64. The molecule has 0 aliphatic heterocycles. The Kier molecular flexibility index (Phi) is 5.57. The lowest BCUT2D eigenvalue weighted by Crippen LogP contribution is -2.12. The fourth-order valence-electron chi connectivity index (χ4n) is 5.00. The topological polar surface area (TPSA) is 74.1 Å². The molecule has 7 heteroatoms. The predicted octanol–water partition coefficient (Wildman–Crippen LogP) is 6.45. The summed E-state index contributed by atoms with van der Waals surface area (Å²) in [4.78, 5) is 9.66. The SMILES string of the molecule is COc1cccc2c(C3=CCCCC3)cc(-c3cn(S(=O)(=O)c4ccccc4)c4ncccc34)nc12. The van der Waals surface area contributed by atoms with Gasteiger partial charge >= 0.3 is 0 Å². The average molecular weight is 496 g/mol. The summed E-state index contributed by atoms with van der Waals surface area (Å²) in [6.07, 6.45) is 9.96. The number of aromatic nitrogens is 3. The Hall–Kier alpha value is -3.97. The first-order valence-electron chi connectivity index (χ1n) is 12.0. The number of benzene rings is 2. The number of rotatable bonds is 5. The smallest absolute Gasteiger partial charge is 0.269 e. The van der Waals surface area contributed by atoms with Crippen molar-refractivity contribution in [3.8, 4) is 17.0 Å². The number of nitrogens with zero attached hydrogens (tertiary/aromatic N) is 3. The maximum Gasteiger partial charge on any atom is 0.269 e. The number of pyridine rings is 2. The largest absolute Gasteiger partial charge is 0.494 e. The zero-order valence-electron chi connectivity index (χ0n) is 19.9. The summed E-state index contributed by atoms with van der Waals surface area (Å²) in [5.41, 5.74) is 4.94. The van der Waals surface area contributed by atoms with Crippen molar-refractivity contribution in [1.29, 1.82) is 0 Å². The summed E-state index contributed by atoms with van der Waals surface area (Å²) in [6, 6.07) is 20.2. The molecule has 3 aromatic heterocycles. The molecule has 0 atom stereocenters. The van der Waals surface area contributed by atoms with Crippen LogP contribution in [0.5, 0.6) is 5.75 Å². The summed E-state index contributed by atoms with van der Waals surface area (Å²) < 4.78 is 34.1. The molecular formula is C29H25N3O3S. The van der Waals surface area contributed by atoms with E-state index >= 15 is 0 Å². The van der Waals surface area contributed by atoms with Crippen LogP contribution in [0.2, 0.25) is 0 Å². The molecule has 3 heterocycles. The first kappa shape index (κ1) is 22.5. The molecular weight excluding hydrogens is 470 g/mol. The Morgan fingerprint density at radius 3 is 2.53 bits per heavy atom. The third kappa shape index (κ3) is 3.67. The van der Waals surface area contributed by atoms with Gasteiger partial charge in [-0.25, -0.2) is 22.4 Å². The van der Waals surface area contributed by atoms with Crippen molar-refractivity contribution in [3.63, 3.8) is 0 Å². The van der Waals surface area contributed by atoms with E-state index in [2.05, 4.69) is 23.2 Å². The minimum Gasteiger partial charge on any atom is -0.494 e. The summed E-state index contributed by atoms with van der Waals surface area (Å²) in [7, 11) is -2.20. The molecule has 0 spiro atoms. The number of hydrogen-bond donors (Lipinski definition) is 0. The van der Waals surface area contributed by atoms with Gasteiger partial charge in [-0.2, -0.15) is 0 Å². The summed E-state index contributed by atoms with van der Waals surface area (Å²) in [6.45, 7) is 0. The monoisotopic (exact) mass is 495 g/mol. The highest BCUT2D eigenvalue weighted by atomic mass is 32.2. The van der Waals surface area contributed by atoms with Gasteiger partial charge in [0.25, 0.3) is 10.0 Å². The zero-order chi connectivity index (χ0) is 24.7. The van der Waals surface area contributed by atoms with Gasteiger partial charge in [-0.1, -0.05) is 36.4 Å². The Morgan fingerprint density at radius 1 is 0.917 bits per heavy atom. The summed E-state index contributed by atoms with van der Waals surface area (Å²) in [5.74, 6) is 0.686. The molecule has 0 bridgehead atoms. The van der Waals surface area contributed by atoms with Crippen molar-refractivity contribution in [2.24, 2.45) is 0 Å². The van der Waals surface area contributed by atoms with Crippen molar-refractivity contribution >= 4 is 37.5 Å². The zero-order valence-corrected chi connectivity index (χ0v) is 20.7. The molecule has 6 nitrogen and oxygen atoms in total.